The number of fused-ring (bicyclic) bond motifs is 1. The van der Waals surface area contributed by atoms with Gasteiger partial charge in [-0.1, -0.05) is 0 Å². The molecule has 0 atom stereocenters. The number of aromatic nitrogens is 1. The summed E-state index contributed by atoms with van der Waals surface area (Å²) in [6, 6.07) is 4.33. The summed E-state index contributed by atoms with van der Waals surface area (Å²) in [5.41, 5.74) is -0.173. The predicted molar refractivity (Wildman–Crippen MR) is 81.0 cm³/mol. The minimum atomic E-state index is -0.647. The van der Waals surface area contributed by atoms with Crippen molar-refractivity contribution in [3.8, 4) is 6.07 Å². The predicted octanol–water partition coefficient (Wildman–Crippen LogP) is 4.04. The Labute approximate surface area is 129 Å². The molecule has 104 valence electrons. The molecule has 0 N–H and O–H groups in total. The summed E-state index contributed by atoms with van der Waals surface area (Å²) in [6.45, 7) is 5.27. The normalized spacial score (nSPS) is 11.4. The Balaban J connectivity index is 2.67. The van der Waals surface area contributed by atoms with E-state index in [0.29, 0.717) is 14.5 Å². The number of halogens is 2. The van der Waals surface area contributed by atoms with Crippen molar-refractivity contribution in [3.63, 3.8) is 0 Å². The second kappa shape index (κ2) is 5.05. The number of carbonyl (C=O) groups excluding carboxylic acids is 1. The van der Waals surface area contributed by atoms with Gasteiger partial charge in [0.1, 0.15) is 17.5 Å². The monoisotopic (exact) mass is 386 g/mol. The molecule has 4 nitrogen and oxygen atoms in total. The van der Waals surface area contributed by atoms with Crippen molar-refractivity contribution < 1.29 is 13.9 Å². The standard InChI is InChI=1S/C14H12FIN2O2/c1-14(2,3)20-13(19)18-7-11(16)10-5-9(15)4-8(6-17)12(10)18/h4-5,7H,1-3H3. The molecule has 0 saturated heterocycles. The zero-order valence-electron chi connectivity index (χ0n) is 11.2. The van der Waals surface area contributed by atoms with Crippen molar-refractivity contribution >= 4 is 39.6 Å². The van der Waals surface area contributed by atoms with Crippen LogP contribution in [0.5, 0.6) is 0 Å². The molecule has 1 aromatic heterocycles. The van der Waals surface area contributed by atoms with Gasteiger partial charge in [-0.3, -0.25) is 4.57 Å². The van der Waals surface area contributed by atoms with Crippen LogP contribution in [0.2, 0.25) is 0 Å². The maximum absolute atomic E-state index is 13.5. The van der Waals surface area contributed by atoms with Crippen molar-refractivity contribution in [1.82, 2.24) is 4.57 Å². The van der Waals surface area contributed by atoms with E-state index in [4.69, 9.17) is 10.00 Å². The molecular weight excluding hydrogens is 374 g/mol. The second-order valence-electron chi connectivity index (χ2n) is 5.29. The molecule has 0 saturated carbocycles. The fraction of sp³-hybridized carbons (Fsp3) is 0.286. The molecule has 0 amide bonds. The molecule has 0 aliphatic rings. The van der Waals surface area contributed by atoms with Crippen LogP contribution >= 0.6 is 22.6 Å². The van der Waals surface area contributed by atoms with Gasteiger partial charge in [0.15, 0.2) is 0 Å². The molecule has 2 rings (SSSR count). The summed E-state index contributed by atoms with van der Waals surface area (Å²) in [5.74, 6) is -0.506. The number of nitriles is 1. The van der Waals surface area contributed by atoms with Gasteiger partial charge < -0.3 is 4.74 Å². The number of hydrogen-bond acceptors (Lipinski definition) is 3. The Morgan fingerprint density at radius 3 is 2.65 bits per heavy atom. The highest BCUT2D eigenvalue weighted by molar-refractivity contribution is 14.1. The third kappa shape index (κ3) is 2.77. The lowest BCUT2D eigenvalue weighted by Gasteiger charge is -2.19. The third-order valence-corrected chi connectivity index (χ3v) is 3.39. The smallest absolute Gasteiger partial charge is 0.419 e. The molecule has 0 bridgehead atoms. The van der Waals surface area contributed by atoms with Crippen LogP contribution in [0.15, 0.2) is 18.3 Å². The van der Waals surface area contributed by atoms with Crippen LogP contribution in [0, 0.1) is 20.7 Å². The largest absolute Gasteiger partial charge is 0.443 e. The Bertz CT molecular complexity index is 738. The molecule has 0 spiro atoms. The third-order valence-electron chi connectivity index (χ3n) is 2.53. The molecule has 6 heteroatoms. The highest BCUT2D eigenvalue weighted by Crippen LogP contribution is 2.28. The molecule has 1 aromatic carbocycles. The van der Waals surface area contributed by atoms with E-state index in [1.54, 1.807) is 27.0 Å². The quantitative estimate of drug-likeness (QED) is 0.643. The first kappa shape index (κ1) is 14.8. The summed E-state index contributed by atoms with van der Waals surface area (Å²) in [5, 5.41) is 9.64. The zero-order valence-corrected chi connectivity index (χ0v) is 13.4. The van der Waals surface area contributed by atoms with Crippen LogP contribution < -0.4 is 0 Å². The van der Waals surface area contributed by atoms with Gasteiger partial charge in [0.25, 0.3) is 0 Å². The topological polar surface area (TPSA) is 55.0 Å². The van der Waals surface area contributed by atoms with Crippen LogP contribution in [0.25, 0.3) is 10.9 Å². The first-order chi connectivity index (χ1) is 9.23. The molecule has 1 heterocycles. The van der Waals surface area contributed by atoms with E-state index in [2.05, 4.69) is 0 Å². The SMILES string of the molecule is CC(C)(C)OC(=O)n1cc(I)c2cc(F)cc(C#N)c21. The van der Waals surface area contributed by atoms with Crippen molar-refractivity contribution in [3.05, 3.63) is 33.3 Å². The average Bonchev–Trinajstić information content (AvgIpc) is 2.64. The van der Waals surface area contributed by atoms with Gasteiger partial charge in [-0.05, 0) is 55.5 Å². The van der Waals surface area contributed by atoms with Gasteiger partial charge >= 0.3 is 6.09 Å². The molecular formula is C14H12FIN2O2. The summed E-state index contributed by atoms with van der Waals surface area (Å²) in [6.07, 6.45) is 0.952. The maximum Gasteiger partial charge on any atom is 0.419 e. The number of hydrogen-bond donors (Lipinski definition) is 0. The van der Waals surface area contributed by atoms with Crippen LogP contribution in [0.4, 0.5) is 9.18 Å². The van der Waals surface area contributed by atoms with E-state index in [9.17, 15) is 9.18 Å². The molecule has 2 aromatic rings. The van der Waals surface area contributed by atoms with E-state index in [0.717, 1.165) is 6.07 Å². The number of rotatable bonds is 0. The number of ether oxygens (including phenoxy) is 1. The van der Waals surface area contributed by atoms with Gasteiger partial charge in [0.05, 0.1) is 11.1 Å². The minimum Gasteiger partial charge on any atom is -0.443 e. The Hall–Kier alpha value is -1.62. The number of carbonyl (C=O) groups is 1. The van der Waals surface area contributed by atoms with Crippen LogP contribution in [0.1, 0.15) is 26.3 Å². The van der Waals surface area contributed by atoms with E-state index in [1.165, 1.54) is 10.6 Å². The summed E-state index contributed by atoms with van der Waals surface area (Å²) in [7, 11) is 0. The second-order valence-corrected chi connectivity index (χ2v) is 6.45. The fourth-order valence-corrected chi connectivity index (χ4v) is 2.52. The van der Waals surface area contributed by atoms with E-state index in [-0.39, 0.29) is 5.56 Å². The van der Waals surface area contributed by atoms with Gasteiger partial charge in [0.2, 0.25) is 0 Å². The van der Waals surface area contributed by atoms with Crippen molar-refractivity contribution in [2.75, 3.05) is 0 Å². The molecule has 0 fully saturated rings. The van der Waals surface area contributed by atoms with Crippen molar-refractivity contribution in [2.45, 2.75) is 26.4 Å². The highest BCUT2D eigenvalue weighted by Gasteiger charge is 2.22. The fourth-order valence-electron chi connectivity index (χ4n) is 1.83. The lowest BCUT2D eigenvalue weighted by atomic mass is 10.1. The van der Waals surface area contributed by atoms with Crippen LogP contribution in [-0.2, 0) is 4.74 Å². The van der Waals surface area contributed by atoms with E-state index in [1.807, 2.05) is 28.7 Å². The summed E-state index contributed by atoms with van der Waals surface area (Å²) in [4.78, 5) is 12.2. The first-order valence-electron chi connectivity index (χ1n) is 5.86. The first-order valence-corrected chi connectivity index (χ1v) is 6.94. The zero-order chi connectivity index (χ0) is 15.1. The van der Waals surface area contributed by atoms with Gasteiger partial charge in [0, 0.05) is 15.2 Å². The highest BCUT2D eigenvalue weighted by atomic mass is 127. The Morgan fingerprint density at radius 1 is 1.45 bits per heavy atom. The number of benzene rings is 1. The van der Waals surface area contributed by atoms with Crippen molar-refractivity contribution in [2.24, 2.45) is 0 Å². The Kier molecular flexibility index (Phi) is 3.73. The molecule has 0 aliphatic carbocycles. The molecule has 20 heavy (non-hydrogen) atoms. The van der Waals surface area contributed by atoms with Gasteiger partial charge in [-0.2, -0.15) is 5.26 Å². The molecule has 0 radical (unpaired) electrons. The lowest BCUT2D eigenvalue weighted by molar-refractivity contribution is 0.0544. The minimum absolute atomic E-state index is 0.105. The van der Waals surface area contributed by atoms with Gasteiger partial charge in [-0.25, -0.2) is 9.18 Å². The van der Waals surface area contributed by atoms with Crippen LogP contribution in [-0.4, -0.2) is 16.3 Å². The maximum atomic E-state index is 13.5. The van der Waals surface area contributed by atoms with Crippen molar-refractivity contribution in [1.29, 1.82) is 5.26 Å². The molecule has 0 aliphatic heterocycles. The van der Waals surface area contributed by atoms with E-state index >= 15 is 0 Å². The van der Waals surface area contributed by atoms with Gasteiger partial charge in [-0.15, -0.1) is 0 Å². The lowest BCUT2D eigenvalue weighted by Crippen LogP contribution is -2.26. The van der Waals surface area contributed by atoms with E-state index < -0.39 is 17.5 Å². The summed E-state index contributed by atoms with van der Waals surface area (Å²) < 4.78 is 20.7. The molecule has 0 unspecified atom stereocenters. The van der Waals surface area contributed by atoms with Crippen LogP contribution in [0.3, 0.4) is 0 Å². The summed E-state index contributed by atoms with van der Waals surface area (Å²) >= 11 is 1.99. The average molecular weight is 386 g/mol. The number of nitrogens with zero attached hydrogens (tertiary/aromatic N) is 2. The Morgan fingerprint density at radius 2 is 2.10 bits per heavy atom.